The van der Waals surface area contributed by atoms with E-state index in [-0.39, 0.29) is 5.75 Å². The number of alkyl halides is 2. The van der Waals surface area contributed by atoms with Gasteiger partial charge in [-0.15, -0.1) is 11.8 Å². The lowest BCUT2D eigenvalue weighted by Crippen LogP contribution is -2.42. The molecule has 1 amide bonds. The van der Waals surface area contributed by atoms with Crippen molar-refractivity contribution in [3.63, 3.8) is 0 Å². The van der Waals surface area contributed by atoms with E-state index in [4.69, 9.17) is 17.3 Å². The van der Waals surface area contributed by atoms with Gasteiger partial charge in [0.2, 0.25) is 5.91 Å². The molecule has 1 aromatic carbocycles. The van der Waals surface area contributed by atoms with Crippen LogP contribution >= 0.6 is 23.4 Å². The first-order valence-corrected chi connectivity index (χ1v) is 7.13. The van der Waals surface area contributed by atoms with Gasteiger partial charge < -0.3 is 11.1 Å². The van der Waals surface area contributed by atoms with Crippen LogP contribution in [-0.2, 0) is 10.5 Å². The van der Waals surface area contributed by atoms with Gasteiger partial charge in [0, 0.05) is 10.8 Å². The van der Waals surface area contributed by atoms with Crippen LogP contribution in [0.2, 0.25) is 5.02 Å². The van der Waals surface area contributed by atoms with Gasteiger partial charge in [-0.3, -0.25) is 4.79 Å². The zero-order valence-corrected chi connectivity index (χ0v) is 11.7. The number of halogens is 3. The summed E-state index contributed by atoms with van der Waals surface area (Å²) < 4.78 is 25.6. The molecule has 0 aliphatic rings. The first-order chi connectivity index (χ1) is 8.93. The van der Waals surface area contributed by atoms with E-state index in [1.807, 2.05) is 12.1 Å². The zero-order chi connectivity index (χ0) is 14.3. The van der Waals surface area contributed by atoms with E-state index in [0.29, 0.717) is 10.8 Å². The SMILES string of the molecule is NCC(F)(F)CNC(=O)CSCc1cccc(Cl)c1. The number of benzene rings is 1. The van der Waals surface area contributed by atoms with Gasteiger partial charge in [0.25, 0.3) is 5.92 Å². The van der Waals surface area contributed by atoms with Gasteiger partial charge in [-0.1, -0.05) is 23.7 Å². The highest BCUT2D eigenvalue weighted by molar-refractivity contribution is 7.99. The predicted molar refractivity (Wildman–Crippen MR) is 74.6 cm³/mol. The van der Waals surface area contributed by atoms with Gasteiger partial charge in [-0.05, 0) is 17.7 Å². The Hall–Kier alpha value is -0.850. The topological polar surface area (TPSA) is 55.1 Å². The van der Waals surface area contributed by atoms with Crippen LogP contribution in [0.4, 0.5) is 8.78 Å². The molecule has 0 saturated heterocycles. The number of rotatable bonds is 7. The Kier molecular flexibility index (Phi) is 6.54. The fourth-order valence-corrected chi connectivity index (χ4v) is 2.26. The Balaban J connectivity index is 2.24. The highest BCUT2D eigenvalue weighted by Gasteiger charge is 2.26. The maximum atomic E-state index is 12.8. The van der Waals surface area contributed by atoms with Crippen LogP contribution in [0.1, 0.15) is 5.56 Å². The smallest absolute Gasteiger partial charge is 0.277 e. The van der Waals surface area contributed by atoms with E-state index < -0.39 is 24.9 Å². The molecule has 106 valence electrons. The van der Waals surface area contributed by atoms with Crippen LogP contribution in [0.25, 0.3) is 0 Å². The maximum Gasteiger partial charge on any atom is 0.277 e. The lowest BCUT2D eigenvalue weighted by Gasteiger charge is -2.14. The van der Waals surface area contributed by atoms with Crippen molar-refractivity contribution in [2.45, 2.75) is 11.7 Å². The fourth-order valence-electron chi connectivity index (χ4n) is 1.24. The van der Waals surface area contributed by atoms with Crippen LogP contribution < -0.4 is 11.1 Å². The quantitative estimate of drug-likeness (QED) is 0.812. The molecule has 0 fully saturated rings. The number of hydrogen-bond donors (Lipinski definition) is 2. The summed E-state index contributed by atoms with van der Waals surface area (Å²) in [5.41, 5.74) is 5.85. The van der Waals surface area contributed by atoms with Crippen LogP contribution in [0, 0.1) is 0 Å². The van der Waals surface area contributed by atoms with E-state index in [0.717, 1.165) is 5.56 Å². The summed E-state index contributed by atoms with van der Waals surface area (Å²) in [5.74, 6) is -2.76. The summed E-state index contributed by atoms with van der Waals surface area (Å²) in [7, 11) is 0. The van der Waals surface area contributed by atoms with E-state index in [2.05, 4.69) is 5.32 Å². The highest BCUT2D eigenvalue weighted by atomic mass is 35.5. The molecule has 0 unspecified atom stereocenters. The number of carbonyl (C=O) groups excluding carboxylic acids is 1. The van der Waals surface area contributed by atoms with E-state index in [1.54, 1.807) is 12.1 Å². The minimum absolute atomic E-state index is 0.118. The van der Waals surface area contributed by atoms with Crippen molar-refractivity contribution in [3.8, 4) is 0 Å². The summed E-state index contributed by atoms with van der Waals surface area (Å²) in [6.07, 6.45) is 0. The molecule has 0 saturated carbocycles. The lowest BCUT2D eigenvalue weighted by molar-refractivity contribution is -0.120. The third-order valence-corrected chi connectivity index (χ3v) is 3.47. The summed E-state index contributed by atoms with van der Waals surface area (Å²) >= 11 is 7.15. The Labute approximate surface area is 119 Å². The van der Waals surface area contributed by atoms with Gasteiger partial charge in [0.15, 0.2) is 0 Å². The molecule has 1 aromatic rings. The molecule has 0 aliphatic heterocycles. The average Bonchev–Trinajstić information content (AvgIpc) is 2.37. The molecule has 0 radical (unpaired) electrons. The van der Waals surface area contributed by atoms with Gasteiger partial charge in [-0.25, -0.2) is 8.78 Å². The molecule has 0 atom stereocenters. The second-order valence-corrected chi connectivity index (χ2v) is 5.38. The third kappa shape index (κ3) is 6.75. The number of amides is 1. The summed E-state index contributed by atoms with van der Waals surface area (Å²) in [5, 5.41) is 2.79. The van der Waals surface area contributed by atoms with E-state index in [9.17, 15) is 13.6 Å². The van der Waals surface area contributed by atoms with Crippen molar-refractivity contribution in [2.75, 3.05) is 18.8 Å². The Bertz CT molecular complexity index is 432. The normalized spacial score (nSPS) is 11.4. The lowest BCUT2D eigenvalue weighted by atomic mass is 10.2. The Morgan fingerprint density at radius 2 is 2.21 bits per heavy atom. The van der Waals surface area contributed by atoms with Crippen molar-refractivity contribution in [3.05, 3.63) is 34.9 Å². The molecular weight excluding hydrogens is 294 g/mol. The van der Waals surface area contributed by atoms with Gasteiger partial charge in [0.05, 0.1) is 18.8 Å². The first-order valence-electron chi connectivity index (χ1n) is 5.60. The van der Waals surface area contributed by atoms with Gasteiger partial charge in [0.1, 0.15) is 0 Å². The fraction of sp³-hybridized carbons (Fsp3) is 0.417. The number of nitrogens with two attached hydrogens (primary N) is 1. The monoisotopic (exact) mass is 308 g/mol. The van der Waals surface area contributed by atoms with E-state index in [1.165, 1.54) is 11.8 Å². The molecule has 0 spiro atoms. The molecule has 3 nitrogen and oxygen atoms in total. The second-order valence-electron chi connectivity index (χ2n) is 3.96. The number of nitrogens with one attached hydrogen (secondary N) is 1. The molecular formula is C12H15ClF2N2OS. The molecule has 0 bridgehead atoms. The predicted octanol–water partition coefficient (Wildman–Crippen LogP) is 2.28. The third-order valence-electron chi connectivity index (χ3n) is 2.23. The highest BCUT2D eigenvalue weighted by Crippen LogP contribution is 2.16. The van der Waals surface area contributed by atoms with Gasteiger partial charge >= 0.3 is 0 Å². The molecule has 19 heavy (non-hydrogen) atoms. The van der Waals surface area contributed by atoms with E-state index >= 15 is 0 Å². The van der Waals surface area contributed by atoms with Crippen molar-refractivity contribution in [1.82, 2.24) is 5.32 Å². The summed E-state index contributed by atoms with van der Waals surface area (Å²) in [4.78, 5) is 11.3. The number of hydrogen-bond acceptors (Lipinski definition) is 3. The van der Waals surface area contributed by atoms with Crippen LogP contribution in [0.5, 0.6) is 0 Å². The average molecular weight is 309 g/mol. The number of carbonyl (C=O) groups is 1. The summed E-state index contributed by atoms with van der Waals surface area (Å²) in [6, 6.07) is 7.27. The van der Waals surface area contributed by atoms with Crippen molar-refractivity contribution >= 4 is 29.3 Å². The Morgan fingerprint density at radius 3 is 2.84 bits per heavy atom. The molecule has 1 rings (SSSR count). The molecule has 7 heteroatoms. The standard InChI is InChI=1S/C12H15ClF2N2OS/c13-10-3-1-2-9(4-10)5-19-6-11(18)17-8-12(14,15)7-16/h1-4H,5-8,16H2,(H,17,18). The Morgan fingerprint density at radius 1 is 1.47 bits per heavy atom. The van der Waals surface area contributed by atoms with Crippen LogP contribution in [-0.4, -0.2) is 30.7 Å². The van der Waals surface area contributed by atoms with Crippen molar-refractivity contribution in [1.29, 1.82) is 0 Å². The molecule has 0 aromatic heterocycles. The van der Waals surface area contributed by atoms with Crippen LogP contribution in [0.15, 0.2) is 24.3 Å². The minimum atomic E-state index is -3.05. The number of thioether (sulfide) groups is 1. The molecule has 0 aliphatic carbocycles. The first kappa shape index (κ1) is 16.2. The second kappa shape index (κ2) is 7.67. The van der Waals surface area contributed by atoms with Crippen molar-refractivity contribution in [2.24, 2.45) is 5.73 Å². The summed E-state index contributed by atoms with van der Waals surface area (Å²) in [6.45, 7) is -1.50. The minimum Gasteiger partial charge on any atom is -0.349 e. The zero-order valence-electron chi connectivity index (χ0n) is 10.2. The molecule has 3 N–H and O–H groups in total. The van der Waals surface area contributed by atoms with Gasteiger partial charge in [-0.2, -0.15) is 0 Å². The van der Waals surface area contributed by atoms with Crippen LogP contribution in [0.3, 0.4) is 0 Å². The maximum absolute atomic E-state index is 12.8. The largest absolute Gasteiger partial charge is 0.349 e. The molecule has 0 heterocycles. The van der Waals surface area contributed by atoms with Crippen molar-refractivity contribution < 1.29 is 13.6 Å².